The number of nitrogens with zero attached hydrogens (tertiary/aromatic N) is 3. The van der Waals surface area contributed by atoms with Crippen LogP contribution in [0.4, 0.5) is 8.78 Å². The number of benzene rings is 3. The van der Waals surface area contributed by atoms with Crippen LogP contribution in [0.2, 0.25) is 0 Å². The molecule has 2 heterocycles. The first-order chi connectivity index (χ1) is 19.2. The average molecular weight is 538 g/mol. The highest BCUT2D eigenvalue weighted by atomic mass is 19.1. The summed E-state index contributed by atoms with van der Waals surface area (Å²) in [6.07, 6.45) is 3.61. The van der Waals surface area contributed by atoms with Crippen LogP contribution in [0.1, 0.15) is 52.0 Å². The smallest absolute Gasteiger partial charge is 0.159 e. The molecule has 3 aromatic carbocycles. The van der Waals surface area contributed by atoms with Crippen LogP contribution in [0.5, 0.6) is 0 Å². The van der Waals surface area contributed by atoms with Crippen LogP contribution in [0, 0.1) is 25.5 Å². The maximum Gasteiger partial charge on any atom is 0.159 e. The lowest BCUT2D eigenvalue weighted by molar-refractivity contribution is -0.120. The lowest BCUT2D eigenvalue weighted by Crippen LogP contribution is -2.17. The Labute approximate surface area is 231 Å². The number of Topliss-reactive ketones (excluding diaryl/α,β-unsaturated/α-hetero) is 2. The first-order valence-corrected chi connectivity index (χ1v) is 13.1. The molecule has 202 valence electrons. The summed E-state index contributed by atoms with van der Waals surface area (Å²) >= 11 is 0. The van der Waals surface area contributed by atoms with Crippen LogP contribution in [0.25, 0.3) is 22.2 Å². The van der Waals surface area contributed by atoms with Crippen molar-refractivity contribution in [3.05, 3.63) is 119 Å². The number of imidazole rings is 1. The Hall–Kier alpha value is -4.52. The van der Waals surface area contributed by atoms with Gasteiger partial charge in [-0.05, 0) is 85.8 Å². The maximum atomic E-state index is 14.1. The van der Waals surface area contributed by atoms with E-state index in [-0.39, 0.29) is 31.0 Å². The molecule has 5 nitrogen and oxygen atoms in total. The van der Waals surface area contributed by atoms with E-state index in [2.05, 4.69) is 9.97 Å². The normalized spacial score (nSPS) is 12.0. The molecule has 0 saturated heterocycles. The topological polar surface area (TPSA) is 64.8 Å². The molecule has 0 radical (unpaired) electrons. The Morgan fingerprint density at radius 2 is 1.65 bits per heavy atom. The molecule has 0 aliphatic heterocycles. The lowest BCUT2D eigenvalue weighted by Gasteiger charge is -2.20. The summed E-state index contributed by atoms with van der Waals surface area (Å²) in [4.78, 5) is 34.7. The highest BCUT2D eigenvalue weighted by Crippen LogP contribution is 2.33. The van der Waals surface area contributed by atoms with Gasteiger partial charge in [-0.15, -0.1) is 0 Å². The van der Waals surface area contributed by atoms with Gasteiger partial charge in [-0.3, -0.25) is 14.6 Å². The van der Waals surface area contributed by atoms with Crippen molar-refractivity contribution in [1.82, 2.24) is 14.5 Å². The van der Waals surface area contributed by atoms with Gasteiger partial charge in [0, 0.05) is 35.7 Å². The van der Waals surface area contributed by atoms with Crippen LogP contribution in [-0.4, -0.2) is 26.1 Å². The average Bonchev–Trinajstić information content (AvgIpc) is 3.28. The third kappa shape index (κ3) is 5.88. The van der Waals surface area contributed by atoms with Crippen LogP contribution in [-0.2, 0) is 17.8 Å². The van der Waals surface area contributed by atoms with Gasteiger partial charge in [-0.2, -0.15) is 0 Å². The molecule has 0 fully saturated rings. The highest BCUT2D eigenvalue weighted by molar-refractivity contribution is 5.95. The summed E-state index contributed by atoms with van der Waals surface area (Å²) in [6.45, 7) is 5.65. The van der Waals surface area contributed by atoms with Gasteiger partial charge >= 0.3 is 0 Å². The van der Waals surface area contributed by atoms with E-state index >= 15 is 0 Å². The molecule has 1 atom stereocenters. The van der Waals surface area contributed by atoms with Gasteiger partial charge in [0.05, 0.1) is 29.6 Å². The molecule has 0 aliphatic rings. The van der Waals surface area contributed by atoms with Gasteiger partial charge in [0.15, 0.2) is 11.6 Å². The number of hydrogen-bond acceptors (Lipinski definition) is 4. The molecule has 0 amide bonds. The Morgan fingerprint density at radius 1 is 0.900 bits per heavy atom. The number of halogens is 2. The van der Waals surface area contributed by atoms with Crippen molar-refractivity contribution in [1.29, 1.82) is 0 Å². The maximum absolute atomic E-state index is 14.1. The van der Waals surface area contributed by atoms with E-state index in [1.807, 2.05) is 42.7 Å². The molecule has 5 rings (SSSR count). The molecule has 0 saturated carbocycles. The SMILES string of the molecule is CC(=O)c1cccc(-c2cccnc2[C@@H](CC(=O)Cn2cnc3cc(C)c(C)cc32)Cc2cc(F)cc(F)c2)c1. The fourth-order valence-electron chi connectivity index (χ4n) is 5.14. The number of rotatable bonds is 9. The molecule has 0 spiro atoms. The van der Waals surface area contributed by atoms with Gasteiger partial charge in [0.2, 0.25) is 0 Å². The van der Waals surface area contributed by atoms with Gasteiger partial charge < -0.3 is 4.57 Å². The van der Waals surface area contributed by atoms with Gasteiger partial charge in [-0.25, -0.2) is 13.8 Å². The highest BCUT2D eigenvalue weighted by Gasteiger charge is 2.23. The first-order valence-electron chi connectivity index (χ1n) is 13.1. The third-order valence-corrected chi connectivity index (χ3v) is 7.27. The summed E-state index contributed by atoms with van der Waals surface area (Å²) in [5.41, 5.74) is 7.10. The third-order valence-electron chi connectivity index (χ3n) is 7.27. The van der Waals surface area contributed by atoms with Crippen molar-refractivity contribution in [3.8, 4) is 11.1 Å². The summed E-state index contributed by atoms with van der Waals surface area (Å²) in [6, 6.07) is 18.3. The molecule has 5 aromatic rings. The minimum absolute atomic E-state index is 0.0616. The predicted octanol–water partition coefficient (Wildman–Crippen LogP) is 7.18. The number of carbonyl (C=O) groups excluding carboxylic acids is 2. The van der Waals surface area contributed by atoms with Crippen LogP contribution >= 0.6 is 0 Å². The number of aryl methyl sites for hydroxylation is 2. The molecule has 0 unspecified atom stereocenters. The van der Waals surface area contributed by atoms with E-state index < -0.39 is 17.6 Å². The summed E-state index contributed by atoms with van der Waals surface area (Å²) in [5.74, 6) is -1.94. The monoisotopic (exact) mass is 537 g/mol. The summed E-state index contributed by atoms with van der Waals surface area (Å²) in [5, 5.41) is 0. The van der Waals surface area contributed by atoms with Crippen molar-refractivity contribution in [2.75, 3.05) is 0 Å². The minimum Gasteiger partial charge on any atom is -0.323 e. The summed E-state index contributed by atoms with van der Waals surface area (Å²) < 4.78 is 30.0. The molecular weight excluding hydrogens is 508 g/mol. The molecule has 0 aliphatic carbocycles. The Balaban J connectivity index is 1.51. The van der Waals surface area contributed by atoms with E-state index in [4.69, 9.17) is 0 Å². The zero-order valence-corrected chi connectivity index (χ0v) is 22.6. The lowest BCUT2D eigenvalue weighted by atomic mass is 9.86. The number of carbonyl (C=O) groups is 2. The molecule has 0 N–H and O–H groups in total. The van der Waals surface area contributed by atoms with Gasteiger partial charge in [-0.1, -0.05) is 24.3 Å². The Bertz CT molecular complexity index is 1720. The second-order valence-electron chi connectivity index (χ2n) is 10.3. The number of pyridine rings is 1. The second-order valence-corrected chi connectivity index (χ2v) is 10.3. The zero-order chi connectivity index (χ0) is 28.4. The molecule has 0 bridgehead atoms. The van der Waals surface area contributed by atoms with E-state index in [0.717, 1.165) is 39.4 Å². The van der Waals surface area contributed by atoms with Crippen molar-refractivity contribution in [3.63, 3.8) is 0 Å². The Morgan fingerprint density at radius 3 is 2.40 bits per heavy atom. The molecule has 40 heavy (non-hydrogen) atoms. The molecule has 2 aromatic heterocycles. The quantitative estimate of drug-likeness (QED) is 0.187. The van der Waals surface area contributed by atoms with Crippen molar-refractivity contribution in [2.24, 2.45) is 0 Å². The number of hydrogen-bond donors (Lipinski definition) is 0. The van der Waals surface area contributed by atoms with Crippen LogP contribution in [0.15, 0.2) is 79.3 Å². The fraction of sp³-hybridized carbons (Fsp3) is 0.212. The fourth-order valence-corrected chi connectivity index (χ4v) is 5.14. The van der Waals surface area contributed by atoms with Gasteiger partial charge in [0.25, 0.3) is 0 Å². The largest absolute Gasteiger partial charge is 0.323 e. The summed E-state index contributed by atoms with van der Waals surface area (Å²) in [7, 11) is 0. The standard InChI is InChI=1S/C33H29F2N3O2/c1-20-10-31-32(11-21(20)2)38(19-37-31)18-29(40)16-26(12-23-13-27(34)17-28(35)14-23)33-30(8-5-9-36-33)25-7-4-6-24(15-25)22(3)39/h4-11,13-15,17,19,26H,12,16,18H2,1-3H3/t26-/m1/s1. The van der Waals surface area contributed by atoms with Crippen LogP contribution in [0.3, 0.4) is 0 Å². The van der Waals surface area contributed by atoms with E-state index in [1.165, 1.54) is 19.1 Å². The minimum atomic E-state index is -0.675. The number of fused-ring (bicyclic) bond motifs is 1. The van der Waals surface area contributed by atoms with E-state index in [1.54, 1.807) is 36.8 Å². The predicted molar refractivity (Wildman–Crippen MR) is 151 cm³/mol. The zero-order valence-electron chi connectivity index (χ0n) is 22.6. The number of aromatic nitrogens is 3. The van der Waals surface area contributed by atoms with Crippen molar-refractivity contribution in [2.45, 2.75) is 46.1 Å². The van der Waals surface area contributed by atoms with Gasteiger partial charge in [0.1, 0.15) is 11.6 Å². The van der Waals surface area contributed by atoms with Crippen LogP contribution < -0.4 is 0 Å². The van der Waals surface area contributed by atoms with E-state index in [0.29, 0.717) is 16.8 Å². The van der Waals surface area contributed by atoms with E-state index in [9.17, 15) is 18.4 Å². The number of ketones is 2. The first kappa shape index (κ1) is 27.1. The Kier molecular flexibility index (Phi) is 7.65. The van der Waals surface area contributed by atoms with Crippen molar-refractivity contribution < 1.29 is 18.4 Å². The molecular formula is C33H29F2N3O2. The van der Waals surface area contributed by atoms with Crippen molar-refractivity contribution >= 4 is 22.6 Å². The molecule has 7 heteroatoms. The second kappa shape index (κ2) is 11.3.